The minimum atomic E-state index is -1.01. The molecule has 1 fully saturated rings. The van der Waals surface area contributed by atoms with Gasteiger partial charge in [-0.05, 0) is 49.5 Å². The van der Waals surface area contributed by atoms with E-state index in [0.717, 1.165) is 5.01 Å². The Morgan fingerprint density at radius 2 is 1.83 bits per heavy atom. The first-order valence-corrected chi connectivity index (χ1v) is 9.61. The average molecular weight is 452 g/mol. The Balaban J connectivity index is 1.73. The molecule has 0 saturated carbocycles. The lowest BCUT2D eigenvalue weighted by atomic mass is 10.2. The third-order valence-electron chi connectivity index (χ3n) is 3.99. The van der Waals surface area contributed by atoms with Gasteiger partial charge in [0.15, 0.2) is 6.10 Å². The number of nitrogens with one attached hydrogen (secondary N) is 1. The molecule has 0 bridgehead atoms. The Labute approximate surface area is 182 Å². The number of rotatable bonds is 5. The fourth-order valence-electron chi connectivity index (χ4n) is 2.56. The number of thiocarbonyl (C=S) groups is 1. The van der Waals surface area contributed by atoms with Crippen molar-refractivity contribution in [2.24, 2.45) is 0 Å². The van der Waals surface area contributed by atoms with Crippen LogP contribution in [-0.2, 0) is 14.4 Å². The number of ether oxygens (including phenoxy) is 1. The Morgan fingerprint density at radius 1 is 1.14 bits per heavy atom. The fourth-order valence-corrected chi connectivity index (χ4v) is 3.37. The number of halogens is 2. The van der Waals surface area contributed by atoms with Crippen LogP contribution in [-0.4, -0.2) is 33.9 Å². The molecule has 0 spiro atoms. The predicted octanol–water partition coefficient (Wildman–Crippen LogP) is 3.34. The zero-order chi connectivity index (χ0) is 21.1. The van der Waals surface area contributed by atoms with E-state index in [1.165, 1.54) is 24.0 Å². The van der Waals surface area contributed by atoms with Crippen LogP contribution in [0.2, 0.25) is 10.0 Å². The zero-order valence-corrected chi connectivity index (χ0v) is 17.4. The van der Waals surface area contributed by atoms with Crippen molar-refractivity contribution in [3.8, 4) is 5.75 Å². The molecule has 2 aromatic carbocycles. The van der Waals surface area contributed by atoms with Gasteiger partial charge >= 0.3 is 0 Å². The number of hydrogen-bond donors (Lipinski definition) is 1. The Morgan fingerprint density at radius 3 is 2.48 bits per heavy atom. The molecule has 2 aromatic rings. The van der Waals surface area contributed by atoms with E-state index < -0.39 is 30.2 Å². The van der Waals surface area contributed by atoms with Crippen molar-refractivity contribution in [1.82, 2.24) is 10.4 Å². The summed E-state index contributed by atoms with van der Waals surface area (Å²) >= 11 is 17.2. The number of nitrogens with zero attached hydrogens (tertiary/aromatic N) is 2. The Hall–Kier alpha value is -2.68. The van der Waals surface area contributed by atoms with Gasteiger partial charge in [0.2, 0.25) is 11.0 Å². The minimum absolute atomic E-state index is 0.150. The molecule has 3 rings (SSSR count). The van der Waals surface area contributed by atoms with Gasteiger partial charge in [0.05, 0.1) is 10.7 Å². The summed E-state index contributed by atoms with van der Waals surface area (Å²) in [4.78, 5) is 38.4. The van der Waals surface area contributed by atoms with Gasteiger partial charge in [-0.2, -0.15) is 5.01 Å². The standard InChI is InChI=1S/C19H15Cl2N3O4S/c1-11(28-15-8-7-12(20)9-14(15)21)18(27)22-24-17(26)10-16(25)23(19(24)29)13-5-3-2-4-6-13/h2-9,11H,10H2,1H3,(H,22,27). The van der Waals surface area contributed by atoms with Crippen LogP contribution in [0.15, 0.2) is 48.5 Å². The second-order valence-electron chi connectivity index (χ2n) is 6.06. The second kappa shape index (κ2) is 8.77. The average Bonchev–Trinajstić information content (AvgIpc) is 2.67. The van der Waals surface area contributed by atoms with E-state index in [4.69, 9.17) is 40.2 Å². The van der Waals surface area contributed by atoms with Crippen molar-refractivity contribution < 1.29 is 19.1 Å². The smallest absolute Gasteiger partial charge is 0.279 e. The lowest BCUT2D eigenvalue weighted by Crippen LogP contribution is -2.62. The van der Waals surface area contributed by atoms with E-state index in [1.54, 1.807) is 36.4 Å². The summed E-state index contributed by atoms with van der Waals surface area (Å²) in [6.45, 7) is 1.48. The van der Waals surface area contributed by atoms with Crippen molar-refractivity contribution in [2.45, 2.75) is 19.4 Å². The first-order chi connectivity index (χ1) is 13.8. The molecular weight excluding hydrogens is 437 g/mol. The number of amides is 3. The first kappa shape index (κ1) is 21.0. The SMILES string of the molecule is CC(Oc1ccc(Cl)cc1Cl)C(=O)NN1C(=O)CC(=O)N(c2ccccc2)C1=S. The van der Waals surface area contributed by atoms with Gasteiger partial charge in [-0.15, -0.1) is 0 Å². The number of para-hydroxylation sites is 1. The number of benzene rings is 2. The number of hydrogen-bond acceptors (Lipinski definition) is 5. The molecule has 0 radical (unpaired) electrons. The van der Waals surface area contributed by atoms with Crippen molar-refractivity contribution in [2.75, 3.05) is 4.90 Å². The molecule has 7 nitrogen and oxygen atoms in total. The molecule has 1 N–H and O–H groups in total. The van der Waals surface area contributed by atoms with Crippen molar-refractivity contribution in [1.29, 1.82) is 0 Å². The normalized spacial score (nSPS) is 15.3. The number of hydrazine groups is 1. The molecule has 3 amide bonds. The van der Waals surface area contributed by atoms with Crippen LogP contribution in [0.5, 0.6) is 5.75 Å². The summed E-state index contributed by atoms with van der Waals surface area (Å²) in [5.74, 6) is -1.51. The van der Waals surface area contributed by atoms with Gasteiger partial charge in [0, 0.05) is 5.02 Å². The summed E-state index contributed by atoms with van der Waals surface area (Å²) < 4.78 is 5.54. The van der Waals surface area contributed by atoms with E-state index in [9.17, 15) is 14.4 Å². The molecule has 29 heavy (non-hydrogen) atoms. The highest BCUT2D eigenvalue weighted by Crippen LogP contribution is 2.28. The molecule has 150 valence electrons. The van der Waals surface area contributed by atoms with Gasteiger partial charge in [0.25, 0.3) is 11.8 Å². The van der Waals surface area contributed by atoms with Crippen molar-refractivity contribution in [3.63, 3.8) is 0 Å². The van der Waals surface area contributed by atoms with E-state index in [-0.39, 0.29) is 15.9 Å². The maximum absolute atomic E-state index is 12.5. The molecule has 10 heteroatoms. The van der Waals surface area contributed by atoms with Gasteiger partial charge in [0.1, 0.15) is 12.2 Å². The van der Waals surface area contributed by atoms with Gasteiger partial charge < -0.3 is 4.74 Å². The largest absolute Gasteiger partial charge is 0.479 e. The van der Waals surface area contributed by atoms with E-state index >= 15 is 0 Å². The first-order valence-electron chi connectivity index (χ1n) is 8.45. The molecule has 1 atom stereocenters. The molecular formula is C19H15Cl2N3O4S. The monoisotopic (exact) mass is 451 g/mol. The Bertz CT molecular complexity index is 987. The molecule has 0 aromatic heterocycles. The highest BCUT2D eigenvalue weighted by atomic mass is 35.5. The van der Waals surface area contributed by atoms with Crippen molar-refractivity contribution >= 4 is 63.9 Å². The topological polar surface area (TPSA) is 79.0 Å². The lowest BCUT2D eigenvalue weighted by Gasteiger charge is -2.35. The van der Waals surface area contributed by atoms with E-state index in [1.807, 2.05) is 0 Å². The van der Waals surface area contributed by atoms with Gasteiger partial charge in [-0.3, -0.25) is 24.7 Å². The van der Waals surface area contributed by atoms with Crippen LogP contribution in [0.1, 0.15) is 13.3 Å². The van der Waals surface area contributed by atoms with Crippen LogP contribution in [0, 0.1) is 0 Å². The number of carbonyl (C=O) groups is 3. The second-order valence-corrected chi connectivity index (χ2v) is 7.27. The van der Waals surface area contributed by atoms with E-state index in [2.05, 4.69) is 5.43 Å². The number of anilines is 1. The maximum Gasteiger partial charge on any atom is 0.279 e. The molecule has 1 saturated heterocycles. The fraction of sp³-hybridized carbons (Fsp3) is 0.158. The van der Waals surface area contributed by atoms with Gasteiger partial charge in [-0.1, -0.05) is 41.4 Å². The van der Waals surface area contributed by atoms with Crippen LogP contribution in [0.25, 0.3) is 0 Å². The molecule has 1 aliphatic heterocycles. The Kier molecular flexibility index (Phi) is 6.36. The minimum Gasteiger partial charge on any atom is -0.479 e. The highest BCUT2D eigenvalue weighted by Gasteiger charge is 2.37. The van der Waals surface area contributed by atoms with E-state index in [0.29, 0.717) is 10.7 Å². The van der Waals surface area contributed by atoms with Crippen LogP contribution >= 0.6 is 35.4 Å². The maximum atomic E-state index is 12.5. The highest BCUT2D eigenvalue weighted by molar-refractivity contribution is 7.80. The summed E-state index contributed by atoms with van der Waals surface area (Å²) in [6.07, 6.45) is -1.44. The summed E-state index contributed by atoms with van der Waals surface area (Å²) in [5.41, 5.74) is 2.90. The summed E-state index contributed by atoms with van der Waals surface area (Å²) in [6, 6.07) is 13.2. The molecule has 0 aliphatic carbocycles. The molecule has 1 unspecified atom stereocenters. The van der Waals surface area contributed by atoms with Gasteiger partial charge in [-0.25, -0.2) is 0 Å². The van der Waals surface area contributed by atoms with Crippen LogP contribution < -0.4 is 15.1 Å². The third-order valence-corrected chi connectivity index (χ3v) is 4.88. The molecule has 1 aliphatic rings. The lowest BCUT2D eigenvalue weighted by molar-refractivity contribution is -0.142. The summed E-state index contributed by atoms with van der Waals surface area (Å²) in [7, 11) is 0. The third kappa shape index (κ3) is 4.67. The van der Waals surface area contributed by atoms with Crippen LogP contribution in [0.4, 0.5) is 5.69 Å². The predicted molar refractivity (Wildman–Crippen MR) is 113 cm³/mol. The van der Waals surface area contributed by atoms with Crippen LogP contribution in [0.3, 0.4) is 0 Å². The van der Waals surface area contributed by atoms with Crippen molar-refractivity contribution in [3.05, 3.63) is 58.6 Å². The zero-order valence-electron chi connectivity index (χ0n) is 15.1. The summed E-state index contributed by atoms with van der Waals surface area (Å²) in [5, 5.41) is 1.38. The quantitative estimate of drug-likeness (QED) is 0.556. The molecule has 1 heterocycles. The number of carbonyl (C=O) groups excluding carboxylic acids is 3.